The van der Waals surface area contributed by atoms with Crippen molar-refractivity contribution < 1.29 is 23.1 Å². The molecule has 0 N–H and O–H groups in total. The van der Waals surface area contributed by atoms with Crippen LogP contribution in [0.2, 0.25) is 38.3 Å². The van der Waals surface area contributed by atoms with E-state index < -0.39 is 22.8 Å². The van der Waals surface area contributed by atoms with Crippen LogP contribution >= 0.6 is 0 Å². The molecule has 3 aromatic rings. The smallest absolute Gasteiger partial charge is 0.496 e. The highest BCUT2D eigenvalue weighted by atomic mass is 28.4. The van der Waals surface area contributed by atoms with E-state index in [2.05, 4.69) is 59.1 Å². The maximum Gasteiger partial charge on any atom is 0.519 e. The van der Waals surface area contributed by atoms with Gasteiger partial charge in [-0.05, 0) is 110 Å². The second-order valence-corrected chi connectivity index (χ2v) is 21.8. The Bertz CT molecular complexity index is 1260. The largest absolute Gasteiger partial charge is 0.519 e. The summed E-state index contributed by atoms with van der Waals surface area (Å²) in [6.07, 6.45) is 3.19. The first-order valence-electron chi connectivity index (χ1n) is 14.7. The third-order valence-electron chi connectivity index (χ3n) is 7.28. The Balaban J connectivity index is 1.48. The highest BCUT2D eigenvalue weighted by Crippen LogP contribution is 2.29. The van der Waals surface area contributed by atoms with Gasteiger partial charge in [-0.25, -0.2) is 4.79 Å². The van der Waals surface area contributed by atoms with Gasteiger partial charge in [0.15, 0.2) is 16.6 Å². The molecule has 0 saturated carbocycles. The number of hydrogen-bond acceptors (Lipinski definition) is 5. The monoisotopic (exact) mass is 592 g/mol. The minimum absolute atomic E-state index is 0.0371. The van der Waals surface area contributed by atoms with Crippen LogP contribution in [0.3, 0.4) is 0 Å². The SMILES string of the molecule is COc1ccccc1CCC[Si](C)(C)O[Si](C)(C)CCCc1ccccc1OC(=O)Oc1ccc(C(C)(C)C)cc1. The highest BCUT2D eigenvalue weighted by molar-refractivity contribution is 6.84. The molecule has 0 spiro atoms. The summed E-state index contributed by atoms with van der Waals surface area (Å²) in [6.45, 7) is 15.8. The summed E-state index contributed by atoms with van der Waals surface area (Å²) in [5.41, 5.74) is 3.48. The van der Waals surface area contributed by atoms with Gasteiger partial charge in [-0.15, -0.1) is 0 Å². The Morgan fingerprint density at radius 1 is 0.683 bits per heavy atom. The minimum atomic E-state index is -1.85. The Labute approximate surface area is 249 Å². The zero-order chi connectivity index (χ0) is 30.1. The molecule has 0 aromatic heterocycles. The normalized spacial score (nSPS) is 12.2. The van der Waals surface area contributed by atoms with Crippen LogP contribution in [-0.4, -0.2) is 29.9 Å². The van der Waals surface area contributed by atoms with Gasteiger partial charge in [0.25, 0.3) is 0 Å². The van der Waals surface area contributed by atoms with Crippen molar-refractivity contribution in [3.63, 3.8) is 0 Å². The first kappa shape index (κ1) is 32.6. The fourth-order valence-electron chi connectivity index (χ4n) is 5.21. The number of aryl methyl sites for hydroxylation is 2. The van der Waals surface area contributed by atoms with Crippen LogP contribution in [0.25, 0.3) is 0 Å². The molecular formula is C34H48O5Si2. The Hall–Kier alpha value is -2.88. The molecule has 222 valence electrons. The lowest BCUT2D eigenvalue weighted by Gasteiger charge is -2.34. The van der Waals surface area contributed by atoms with Crippen molar-refractivity contribution in [1.82, 2.24) is 0 Å². The van der Waals surface area contributed by atoms with E-state index >= 15 is 0 Å². The van der Waals surface area contributed by atoms with E-state index in [1.165, 1.54) is 11.1 Å². The Morgan fingerprint density at radius 2 is 1.17 bits per heavy atom. The van der Waals surface area contributed by atoms with E-state index in [-0.39, 0.29) is 5.41 Å². The van der Waals surface area contributed by atoms with Crippen LogP contribution in [0.5, 0.6) is 17.2 Å². The molecule has 0 bridgehead atoms. The molecule has 7 heteroatoms. The quantitative estimate of drug-likeness (QED) is 0.112. The van der Waals surface area contributed by atoms with Gasteiger partial charge in [0, 0.05) is 0 Å². The summed E-state index contributed by atoms with van der Waals surface area (Å²) in [5, 5.41) is 0. The molecular weight excluding hydrogens is 545 g/mol. The van der Waals surface area contributed by atoms with Gasteiger partial charge in [0.1, 0.15) is 17.2 Å². The molecule has 3 rings (SSSR count). The molecule has 3 aromatic carbocycles. The van der Waals surface area contributed by atoms with Crippen molar-refractivity contribution in [2.45, 2.75) is 90.1 Å². The second kappa shape index (κ2) is 14.3. The standard InChI is InChI=1S/C34H48O5Si2/c1-34(2,3)29-21-23-30(24-22-29)37-33(35)38-32-20-12-10-16-28(32)18-14-26-41(7,8)39-40(5,6)25-13-17-27-15-9-11-19-31(27)36-4/h9-12,15-16,19-24H,13-14,17-18,25-26H2,1-8H3. The van der Waals surface area contributed by atoms with Crippen molar-refractivity contribution in [3.05, 3.63) is 89.5 Å². The topological polar surface area (TPSA) is 54.0 Å². The van der Waals surface area contributed by atoms with Crippen LogP contribution < -0.4 is 14.2 Å². The van der Waals surface area contributed by atoms with Gasteiger partial charge in [-0.1, -0.05) is 69.3 Å². The number of carbonyl (C=O) groups is 1. The van der Waals surface area contributed by atoms with E-state index in [9.17, 15) is 4.79 Å². The van der Waals surface area contributed by atoms with Crippen molar-refractivity contribution >= 4 is 22.8 Å². The summed E-state index contributed by atoms with van der Waals surface area (Å²) >= 11 is 0. The van der Waals surface area contributed by atoms with E-state index in [4.69, 9.17) is 18.3 Å². The number of hydrogen-bond donors (Lipinski definition) is 0. The van der Waals surface area contributed by atoms with Gasteiger partial charge >= 0.3 is 6.16 Å². The maximum absolute atomic E-state index is 12.6. The first-order chi connectivity index (χ1) is 19.3. The number of benzene rings is 3. The summed E-state index contributed by atoms with van der Waals surface area (Å²) in [7, 11) is -1.92. The number of para-hydroxylation sites is 2. The van der Waals surface area contributed by atoms with E-state index in [1.807, 2.05) is 60.7 Å². The molecule has 0 fully saturated rings. The highest BCUT2D eigenvalue weighted by Gasteiger charge is 2.32. The molecule has 0 aliphatic rings. The summed E-state index contributed by atoms with van der Waals surface area (Å²) < 4.78 is 23.5. The predicted molar refractivity (Wildman–Crippen MR) is 174 cm³/mol. The average molecular weight is 593 g/mol. The lowest BCUT2D eigenvalue weighted by molar-refractivity contribution is 0.151. The minimum Gasteiger partial charge on any atom is -0.496 e. The van der Waals surface area contributed by atoms with Gasteiger partial charge in [-0.2, -0.15) is 0 Å². The van der Waals surface area contributed by atoms with E-state index in [1.54, 1.807) is 7.11 Å². The number of carbonyl (C=O) groups excluding carboxylic acids is 1. The molecule has 0 atom stereocenters. The molecule has 0 aliphatic carbocycles. The van der Waals surface area contributed by atoms with E-state index in [0.29, 0.717) is 11.5 Å². The molecule has 0 saturated heterocycles. The van der Waals surface area contributed by atoms with E-state index in [0.717, 1.165) is 49.1 Å². The van der Waals surface area contributed by atoms with Crippen molar-refractivity contribution in [3.8, 4) is 17.2 Å². The summed E-state index contributed by atoms with van der Waals surface area (Å²) in [6, 6.07) is 25.7. The zero-order valence-electron chi connectivity index (χ0n) is 26.2. The van der Waals surface area contributed by atoms with Crippen LogP contribution in [0.15, 0.2) is 72.8 Å². The lowest BCUT2D eigenvalue weighted by Crippen LogP contribution is -2.44. The summed E-state index contributed by atoms with van der Waals surface area (Å²) in [5.74, 6) is 1.99. The summed E-state index contributed by atoms with van der Waals surface area (Å²) in [4.78, 5) is 12.6. The fraction of sp³-hybridized carbons (Fsp3) is 0.441. The van der Waals surface area contributed by atoms with Crippen LogP contribution in [-0.2, 0) is 22.4 Å². The van der Waals surface area contributed by atoms with Gasteiger partial charge in [-0.3, -0.25) is 0 Å². The first-order valence-corrected chi connectivity index (χ1v) is 20.9. The molecule has 0 unspecified atom stereocenters. The van der Waals surface area contributed by atoms with Crippen LogP contribution in [0, 0.1) is 0 Å². The molecule has 0 aliphatic heterocycles. The average Bonchev–Trinajstić information content (AvgIpc) is 2.89. The molecule has 0 heterocycles. The zero-order valence-corrected chi connectivity index (χ0v) is 28.2. The third kappa shape index (κ3) is 10.8. The van der Waals surface area contributed by atoms with Gasteiger partial charge in [0.2, 0.25) is 0 Å². The molecule has 0 amide bonds. The van der Waals surface area contributed by atoms with Crippen LogP contribution in [0.4, 0.5) is 4.79 Å². The molecule has 0 radical (unpaired) electrons. The van der Waals surface area contributed by atoms with Gasteiger partial charge < -0.3 is 18.3 Å². The number of ether oxygens (including phenoxy) is 3. The molecule has 5 nitrogen and oxygen atoms in total. The predicted octanol–water partition coefficient (Wildman–Crippen LogP) is 9.56. The van der Waals surface area contributed by atoms with Crippen molar-refractivity contribution in [2.75, 3.05) is 7.11 Å². The van der Waals surface area contributed by atoms with Crippen LogP contribution in [0.1, 0.15) is 50.3 Å². The lowest BCUT2D eigenvalue weighted by atomic mass is 9.87. The Kier molecular flexibility index (Phi) is 11.4. The Morgan fingerprint density at radius 3 is 1.68 bits per heavy atom. The van der Waals surface area contributed by atoms with Crippen molar-refractivity contribution in [2.24, 2.45) is 0 Å². The molecule has 41 heavy (non-hydrogen) atoms. The third-order valence-corrected chi connectivity index (χ3v) is 14.8. The number of rotatable bonds is 13. The van der Waals surface area contributed by atoms with Gasteiger partial charge in [0.05, 0.1) is 7.11 Å². The van der Waals surface area contributed by atoms with Crippen molar-refractivity contribution in [1.29, 1.82) is 0 Å². The second-order valence-electron chi connectivity index (χ2n) is 13.0. The maximum atomic E-state index is 12.6. The fourth-order valence-corrected chi connectivity index (χ4v) is 14.1. The number of methoxy groups -OCH3 is 1.